The van der Waals surface area contributed by atoms with Gasteiger partial charge in [0.1, 0.15) is 10.6 Å². The van der Waals surface area contributed by atoms with Gasteiger partial charge in [0.15, 0.2) is 0 Å². The predicted octanol–water partition coefficient (Wildman–Crippen LogP) is 9.14. The van der Waals surface area contributed by atoms with Gasteiger partial charge < -0.3 is 10.1 Å². The van der Waals surface area contributed by atoms with E-state index in [-0.39, 0.29) is 5.78 Å². The van der Waals surface area contributed by atoms with E-state index in [2.05, 4.69) is 29.6 Å². The van der Waals surface area contributed by atoms with Gasteiger partial charge in [-0.2, -0.15) is 0 Å². The van der Waals surface area contributed by atoms with Gasteiger partial charge in [0, 0.05) is 21.8 Å². The van der Waals surface area contributed by atoms with Gasteiger partial charge >= 0.3 is 5.97 Å². The Labute approximate surface area is 234 Å². The summed E-state index contributed by atoms with van der Waals surface area (Å²) in [6.07, 6.45) is 0. The summed E-state index contributed by atoms with van der Waals surface area (Å²) in [5.41, 5.74) is 2.93. The Balaban J connectivity index is 1.66. The molecule has 0 atom stereocenters. The zero-order chi connectivity index (χ0) is 26.9. The number of ether oxygens (including phenoxy) is 1. The largest absolute Gasteiger partial charge is 0.465 e. The van der Waals surface area contributed by atoms with E-state index in [9.17, 15) is 9.59 Å². The first-order valence-corrected chi connectivity index (χ1v) is 13.5. The smallest absolute Gasteiger partial charge is 0.341 e. The number of hydrogen-bond acceptors (Lipinski definition) is 5. The molecule has 1 aromatic heterocycles. The Morgan fingerprint density at radius 2 is 1.44 bits per heavy atom. The minimum absolute atomic E-state index is 0.198. The number of thiophene rings is 1. The van der Waals surface area contributed by atoms with E-state index in [0.717, 1.165) is 32.8 Å². The number of fused-ring (bicyclic) bond motifs is 2. The number of methoxy groups -OCH3 is 1. The van der Waals surface area contributed by atoms with Crippen LogP contribution in [-0.4, -0.2) is 18.9 Å². The summed E-state index contributed by atoms with van der Waals surface area (Å²) < 4.78 is 5.27. The van der Waals surface area contributed by atoms with Gasteiger partial charge in [0.2, 0.25) is 5.78 Å². The SMILES string of the molecule is COC(=O)c1c(Nc2ccccc2)sc(C(=O)c2ccc(Cl)cc2)c1-c1cccc2cc3ccccc3cc12. The second-order valence-corrected chi connectivity index (χ2v) is 10.5. The summed E-state index contributed by atoms with van der Waals surface area (Å²) in [6.45, 7) is 0. The lowest BCUT2D eigenvalue weighted by molar-refractivity contribution is 0.0603. The van der Waals surface area contributed by atoms with Gasteiger partial charge in [-0.25, -0.2) is 4.79 Å². The van der Waals surface area contributed by atoms with Gasteiger partial charge in [-0.3, -0.25) is 4.79 Å². The van der Waals surface area contributed by atoms with Crippen LogP contribution >= 0.6 is 22.9 Å². The summed E-state index contributed by atoms with van der Waals surface area (Å²) in [6, 6.07) is 34.7. The number of ketones is 1. The van der Waals surface area contributed by atoms with Crippen molar-refractivity contribution >= 4 is 66.9 Å². The lowest BCUT2D eigenvalue weighted by atomic mass is 9.92. The van der Waals surface area contributed by atoms with Crippen molar-refractivity contribution in [1.82, 2.24) is 0 Å². The third-order valence-corrected chi connectivity index (χ3v) is 8.01. The summed E-state index contributed by atoms with van der Waals surface area (Å²) in [5, 5.41) is 8.57. The molecule has 1 N–H and O–H groups in total. The molecule has 0 aliphatic heterocycles. The highest BCUT2D eigenvalue weighted by atomic mass is 35.5. The average molecular weight is 548 g/mol. The number of anilines is 2. The number of rotatable bonds is 6. The zero-order valence-corrected chi connectivity index (χ0v) is 22.5. The molecule has 0 saturated heterocycles. The van der Waals surface area contributed by atoms with Crippen LogP contribution in [0.3, 0.4) is 0 Å². The van der Waals surface area contributed by atoms with Crippen molar-refractivity contribution in [1.29, 1.82) is 0 Å². The fourth-order valence-electron chi connectivity index (χ4n) is 4.80. The van der Waals surface area contributed by atoms with Crippen molar-refractivity contribution in [3.05, 3.63) is 130 Å². The Morgan fingerprint density at radius 1 is 0.769 bits per heavy atom. The van der Waals surface area contributed by atoms with Crippen molar-refractivity contribution in [3.63, 3.8) is 0 Å². The van der Waals surface area contributed by atoms with Crippen molar-refractivity contribution in [2.45, 2.75) is 0 Å². The van der Waals surface area contributed by atoms with E-state index < -0.39 is 5.97 Å². The number of esters is 1. The third-order valence-electron chi connectivity index (χ3n) is 6.66. The Morgan fingerprint density at radius 3 is 2.15 bits per heavy atom. The molecule has 0 bridgehead atoms. The molecule has 5 aromatic carbocycles. The van der Waals surface area contributed by atoms with Crippen LogP contribution in [0.25, 0.3) is 32.7 Å². The highest BCUT2D eigenvalue weighted by Gasteiger charge is 2.30. The van der Waals surface area contributed by atoms with Crippen LogP contribution in [0.1, 0.15) is 25.6 Å². The van der Waals surface area contributed by atoms with E-state index >= 15 is 0 Å². The maximum atomic E-state index is 14.0. The second-order valence-electron chi connectivity index (χ2n) is 9.06. The standard InChI is InChI=1S/C33H22ClNO3S/c1-38-33(37)29-28(26-13-7-10-23-18-21-8-5-6-9-22(21)19-27(23)26)31(30(36)20-14-16-24(34)17-15-20)39-32(29)35-25-11-3-2-4-12-25/h2-19,35H,1H3. The molecule has 0 saturated carbocycles. The topological polar surface area (TPSA) is 55.4 Å². The van der Waals surface area contributed by atoms with E-state index in [1.54, 1.807) is 24.3 Å². The highest BCUT2D eigenvalue weighted by Crippen LogP contribution is 2.45. The summed E-state index contributed by atoms with van der Waals surface area (Å²) >= 11 is 7.35. The van der Waals surface area contributed by atoms with Crippen LogP contribution in [0.5, 0.6) is 0 Å². The van der Waals surface area contributed by atoms with Crippen LogP contribution in [0.15, 0.2) is 109 Å². The van der Waals surface area contributed by atoms with Crippen molar-refractivity contribution in [2.75, 3.05) is 12.4 Å². The fourth-order valence-corrected chi connectivity index (χ4v) is 6.11. The number of para-hydroxylation sites is 1. The molecule has 0 fully saturated rings. The molecule has 39 heavy (non-hydrogen) atoms. The van der Waals surface area contributed by atoms with Crippen LogP contribution in [0, 0.1) is 0 Å². The fraction of sp³-hybridized carbons (Fsp3) is 0.0303. The molecule has 190 valence electrons. The van der Waals surface area contributed by atoms with Crippen molar-refractivity contribution in [2.24, 2.45) is 0 Å². The first kappa shape index (κ1) is 24.9. The molecule has 4 nitrogen and oxygen atoms in total. The molecule has 6 aromatic rings. The third kappa shape index (κ3) is 4.67. The predicted molar refractivity (Wildman–Crippen MR) is 161 cm³/mol. The molecule has 6 heteroatoms. The van der Waals surface area contributed by atoms with Gasteiger partial charge in [0.25, 0.3) is 0 Å². The lowest BCUT2D eigenvalue weighted by Crippen LogP contribution is -2.07. The second kappa shape index (κ2) is 10.4. The molecular formula is C33H22ClNO3S. The maximum Gasteiger partial charge on any atom is 0.341 e. The number of carbonyl (C=O) groups is 2. The van der Waals surface area contributed by atoms with E-state index in [1.165, 1.54) is 18.4 Å². The van der Waals surface area contributed by atoms with Gasteiger partial charge in [-0.15, -0.1) is 11.3 Å². The average Bonchev–Trinajstić information content (AvgIpc) is 3.34. The van der Waals surface area contributed by atoms with Crippen LogP contribution < -0.4 is 5.32 Å². The minimum Gasteiger partial charge on any atom is -0.465 e. The summed E-state index contributed by atoms with van der Waals surface area (Å²) in [7, 11) is 1.35. The van der Waals surface area contributed by atoms with E-state index in [0.29, 0.717) is 31.6 Å². The van der Waals surface area contributed by atoms with Gasteiger partial charge in [-0.1, -0.05) is 72.3 Å². The molecule has 0 unspecified atom stereocenters. The zero-order valence-electron chi connectivity index (χ0n) is 20.9. The summed E-state index contributed by atoms with van der Waals surface area (Å²) in [4.78, 5) is 27.9. The van der Waals surface area contributed by atoms with E-state index in [4.69, 9.17) is 16.3 Å². The van der Waals surface area contributed by atoms with Crippen LogP contribution in [0.4, 0.5) is 10.7 Å². The molecule has 6 rings (SSSR count). The number of halogens is 1. The quantitative estimate of drug-likeness (QED) is 0.128. The first-order valence-electron chi connectivity index (χ1n) is 12.3. The lowest BCUT2D eigenvalue weighted by Gasteiger charge is -2.12. The Kier molecular flexibility index (Phi) is 6.61. The molecule has 0 aliphatic rings. The van der Waals surface area contributed by atoms with E-state index in [1.807, 2.05) is 60.7 Å². The maximum absolute atomic E-state index is 14.0. The normalized spacial score (nSPS) is 11.0. The van der Waals surface area contributed by atoms with Gasteiger partial charge in [0.05, 0.1) is 12.0 Å². The van der Waals surface area contributed by atoms with Gasteiger partial charge in [-0.05, 0) is 75.6 Å². The molecular weight excluding hydrogens is 526 g/mol. The first-order chi connectivity index (χ1) is 19.0. The number of nitrogens with one attached hydrogen (secondary N) is 1. The Bertz CT molecular complexity index is 1860. The number of carbonyl (C=O) groups excluding carboxylic acids is 2. The molecule has 0 aliphatic carbocycles. The molecule has 0 radical (unpaired) electrons. The van der Waals surface area contributed by atoms with Crippen LogP contribution in [-0.2, 0) is 4.74 Å². The molecule has 0 spiro atoms. The monoisotopic (exact) mass is 547 g/mol. The molecule has 1 heterocycles. The number of benzene rings is 5. The number of hydrogen-bond donors (Lipinski definition) is 1. The minimum atomic E-state index is -0.521. The highest BCUT2D eigenvalue weighted by molar-refractivity contribution is 7.19. The van der Waals surface area contributed by atoms with Crippen LogP contribution in [0.2, 0.25) is 5.02 Å². The molecule has 0 amide bonds. The Hall–Kier alpha value is -4.45. The van der Waals surface area contributed by atoms with Crippen molar-refractivity contribution < 1.29 is 14.3 Å². The van der Waals surface area contributed by atoms with Crippen molar-refractivity contribution in [3.8, 4) is 11.1 Å². The summed E-state index contributed by atoms with van der Waals surface area (Å²) in [5.74, 6) is -0.719.